The second kappa shape index (κ2) is 4.04. The molecular weight excluding hydrogens is 201 g/mol. The van der Waals surface area contributed by atoms with Crippen molar-refractivity contribution in [3.8, 4) is 0 Å². The number of hydrogen-bond donors (Lipinski definition) is 0. The maximum absolute atomic E-state index is 11.0. The van der Waals surface area contributed by atoms with Gasteiger partial charge in [-0.3, -0.25) is 9.69 Å². The van der Waals surface area contributed by atoms with Crippen molar-refractivity contribution in [3.05, 3.63) is 11.8 Å². The number of carbonyl (C=O) groups is 2. The Hall–Kier alpha value is 0.0300. The molecule has 0 saturated carbocycles. The smallest absolute Gasteiger partial charge is 0.543 e. The fourth-order valence-corrected chi connectivity index (χ4v) is 2.45. The molecule has 64 valence electrons. The zero-order chi connectivity index (χ0) is 8.72. The molecule has 2 heterocycles. The van der Waals surface area contributed by atoms with Crippen LogP contribution < -0.4 is 34.7 Å². The molecule has 2 aliphatic rings. The summed E-state index contributed by atoms with van der Waals surface area (Å²) in [6.45, 7) is 0. The number of amides is 1. The van der Waals surface area contributed by atoms with E-state index in [1.807, 2.05) is 0 Å². The van der Waals surface area contributed by atoms with Crippen molar-refractivity contribution >= 4 is 23.6 Å². The molecule has 6 heteroatoms. The number of aliphatic carboxylic acids is 1. The zero-order valence-corrected chi connectivity index (χ0v) is 9.97. The van der Waals surface area contributed by atoms with Crippen molar-refractivity contribution in [2.45, 2.75) is 11.8 Å². The molecule has 0 aromatic rings. The van der Waals surface area contributed by atoms with Crippen LogP contribution in [0.15, 0.2) is 11.8 Å². The summed E-state index contributed by atoms with van der Waals surface area (Å²) < 4.78 is 0. The maximum atomic E-state index is 11.0. The van der Waals surface area contributed by atoms with E-state index in [1.165, 1.54) is 11.0 Å². The zero-order valence-electron chi connectivity index (χ0n) is 7.15. The average Bonchev–Trinajstić information content (AvgIpc) is 2.01. The van der Waals surface area contributed by atoms with Crippen LogP contribution in [-0.4, -0.2) is 27.9 Å². The van der Waals surface area contributed by atoms with Gasteiger partial charge in [-0.05, 0) is 6.08 Å². The van der Waals surface area contributed by atoms with Crippen LogP contribution in [0.25, 0.3) is 0 Å². The third-order valence-electron chi connectivity index (χ3n) is 1.94. The molecule has 0 bridgehead atoms. The molecule has 0 aromatic heterocycles. The average molecular weight is 207 g/mol. The van der Waals surface area contributed by atoms with Gasteiger partial charge in [-0.25, -0.2) is 0 Å². The Labute approximate surface area is 102 Å². The number of carbonyl (C=O) groups excluding carboxylic acids is 2. The molecular formula is C7H6NNaO3S. The fourth-order valence-electron chi connectivity index (χ4n) is 1.33. The van der Waals surface area contributed by atoms with Crippen molar-refractivity contribution in [2.24, 2.45) is 0 Å². The van der Waals surface area contributed by atoms with Crippen LogP contribution in [0.2, 0.25) is 0 Å². The van der Waals surface area contributed by atoms with E-state index in [9.17, 15) is 14.7 Å². The summed E-state index contributed by atoms with van der Waals surface area (Å²) >= 11 is 1.58. The molecule has 0 radical (unpaired) electrons. The Bertz CT molecular complexity index is 291. The maximum Gasteiger partial charge on any atom is 1.00 e. The summed E-state index contributed by atoms with van der Waals surface area (Å²) in [7, 11) is 0. The Morgan fingerprint density at radius 3 is 2.85 bits per heavy atom. The van der Waals surface area contributed by atoms with Gasteiger partial charge in [0.1, 0.15) is 0 Å². The van der Waals surface area contributed by atoms with Crippen LogP contribution in [0, 0.1) is 0 Å². The summed E-state index contributed by atoms with van der Waals surface area (Å²) in [4.78, 5) is 22.8. The van der Waals surface area contributed by atoms with Gasteiger partial charge in [0.25, 0.3) is 0 Å². The Balaban J connectivity index is 0.000000845. The second-order valence-corrected chi connectivity index (χ2v) is 3.84. The van der Waals surface area contributed by atoms with Crippen LogP contribution in [-0.2, 0) is 9.59 Å². The molecule has 1 atom stereocenters. The van der Waals surface area contributed by atoms with E-state index in [0.717, 1.165) is 0 Å². The first-order valence-electron chi connectivity index (χ1n) is 3.55. The van der Waals surface area contributed by atoms with E-state index in [1.54, 1.807) is 11.8 Å². The van der Waals surface area contributed by atoms with Gasteiger partial charge in [-0.15, -0.1) is 11.8 Å². The summed E-state index contributed by atoms with van der Waals surface area (Å²) in [5, 5.41) is 10.5. The van der Waals surface area contributed by atoms with Crippen molar-refractivity contribution in [2.75, 3.05) is 5.75 Å². The molecule has 0 aliphatic carbocycles. The minimum Gasteiger partial charge on any atom is -0.543 e. The number of carboxylic acids is 1. The predicted molar refractivity (Wildman–Crippen MR) is 40.8 cm³/mol. The topological polar surface area (TPSA) is 60.4 Å². The molecule has 2 rings (SSSR count). The Morgan fingerprint density at radius 1 is 1.69 bits per heavy atom. The van der Waals surface area contributed by atoms with Gasteiger partial charge < -0.3 is 9.90 Å². The quantitative estimate of drug-likeness (QED) is 0.324. The first kappa shape index (κ1) is 11.1. The van der Waals surface area contributed by atoms with Crippen LogP contribution in [0.1, 0.15) is 6.42 Å². The van der Waals surface area contributed by atoms with Crippen molar-refractivity contribution in [3.63, 3.8) is 0 Å². The molecule has 0 aromatic carbocycles. The van der Waals surface area contributed by atoms with E-state index < -0.39 is 5.97 Å². The number of rotatable bonds is 1. The molecule has 0 N–H and O–H groups in total. The Morgan fingerprint density at radius 2 is 2.38 bits per heavy atom. The molecule has 1 fully saturated rings. The van der Waals surface area contributed by atoms with Crippen LogP contribution in [0.4, 0.5) is 0 Å². The molecule has 1 amide bonds. The van der Waals surface area contributed by atoms with Gasteiger partial charge in [0.15, 0.2) is 0 Å². The SMILES string of the molecule is O=C([O-])C1=CCSC2CC(=O)N12.[Na+]. The minimum absolute atomic E-state index is 0. The first-order valence-corrected chi connectivity index (χ1v) is 4.60. The second-order valence-electron chi connectivity index (χ2n) is 2.63. The summed E-state index contributed by atoms with van der Waals surface area (Å²) in [6.07, 6.45) is 1.98. The van der Waals surface area contributed by atoms with Gasteiger partial charge in [0.2, 0.25) is 5.91 Å². The molecule has 0 spiro atoms. The molecule has 1 saturated heterocycles. The van der Waals surface area contributed by atoms with Gasteiger partial charge in [0.05, 0.1) is 23.5 Å². The van der Waals surface area contributed by atoms with Gasteiger partial charge in [0, 0.05) is 5.75 Å². The third kappa shape index (κ3) is 1.79. The van der Waals surface area contributed by atoms with Crippen LogP contribution in [0.3, 0.4) is 0 Å². The number of carboxylic acid groups (broad SMARTS) is 1. The Kier molecular flexibility index (Phi) is 3.45. The standard InChI is InChI=1S/C7H7NO3S.Na/c9-5-3-6-8(5)4(7(10)11)1-2-12-6;/h1,6H,2-3H2,(H,10,11);/q;+1/p-1. The number of nitrogens with zero attached hydrogens (tertiary/aromatic N) is 1. The van der Waals surface area contributed by atoms with E-state index in [2.05, 4.69) is 0 Å². The number of hydrogen-bond acceptors (Lipinski definition) is 4. The number of fused-ring (bicyclic) bond motifs is 1. The predicted octanol–water partition coefficient (Wildman–Crippen LogP) is -4.07. The molecule has 2 aliphatic heterocycles. The van der Waals surface area contributed by atoms with E-state index in [0.29, 0.717) is 12.2 Å². The molecule has 13 heavy (non-hydrogen) atoms. The van der Waals surface area contributed by atoms with Crippen molar-refractivity contribution in [1.29, 1.82) is 0 Å². The van der Waals surface area contributed by atoms with Crippen LogP contribution in [0.5, 0.6) is 0 Å². The molecule has 1 unspecified atom stereocenters. The van der Waals surface area contributed by atoms with Gasteiger partial charge in [-0.1, -0.05) is 0 Å². The van der Waals surface area contributed by atoms with Gasteiger partial charge >= 0.3 is 29.6 Å². The van der Waals surface area contributed by atoms with E-state index >= 15 is 0 Å². The van der Waals surface area contributed by atoms with Crippen molar-refractivity contribution in [1.82, 2.24) is 4.90 Å². The largest absolute Gasteiger partial charge is 1.00 e. The van der Waals surface area contributed by atoms with Crippen LogP contribution >= 0.6 is 11.8 Å². The minimum atomic E-state index is -1.26. The fraction of sp³-hybridized carbons (Fsp3) is 0.429. The third-order valence-corrected chi connectivity index (χ3v) is 3.06. The van der Waals surface area contributed by atoms with E-state index in [4.69, 9.17) is 0 Å². The summed E-state index contributed by atoms with van der Waals surface area (Å²) in [6, 6.07) is 0. The van der Waals surface area contributed by atoms with Crippen molar-refractivity contribution < 1.29 is 44.3 Å². The normalized spacial score (nSPS) is 25.2. The summed E-state index contributed by atoms with van der Waals surface area (Å²) in [5.74, 6) is -0.728. The number of β-lactam (4-membered cyclic amide) rings is 1. The van der Waals surface area contributed by atoms with E-state index in [-0.39, 0.29) is 46.5 Å². The monoisotopic (exact) mass is 207 g/mol. The first-order chi connectivity index (χ1) is 5.70. The van der Waals surface area contributed by atoms with Gasteiger partial charge in [-0.2, -0.15) is 0 Å². The summed E-state index contributed by atoms with van der Waals surface area (Å²) in [5.41, 5.74) is 0.0370. The number of thioether (sulfide) groups is 1. The molecule has 4 nitrogen and oxygen atoms in total.